The van der Waals surface area contributed by atoms with E-state index in [4.69, 9.17) is 10.1 Å². The first-order valence-corrected chi connectivity index (χ1v) is 13.1. The Labute approximate surface area is 211 Å². The molecular weight excluding hydrogens is 454 g/mol. The molecule has 4 heterocycles. The third-order valence-corrected chi connectivity index (χ3v) is 7.85. The number of hydrogen-bond acceptors (Lipinski definition) is 6. The number of allylic oxidation sites excluding steroid dienone is 1. The molecule has 0 spiro atoms. The monoisotopic (exact) mass is 489 g/mol. The first-order valence-electron chi connectivity index (χ1n) is 13.1. The zero-order chi connectivity index (χ0) is 25.1. The van der Waals surface area contributed by atoms with Gasteiger partial charge in [0.1, 0.15) is 12.0 Å². The summed E-state index contributed by atoms with van der Waals surface area (Å²) in [4.78, 5) is 30.1. The van der Waals surface area contributed by atoms with E-state index in [2.05, 4.69) is 22.3 Å². The van der Waals surface area contributed by atoms with Crippen molar-refractivity contribution in [3.05, 3.63) is 60.0 Å². The number of nitrogens with one attached hydrogen (secondary N) is 2. The van der Waals surface area contributed by atoms with Crippen molar-refractivity contribution in [2.75, 3.05) is 6.54 Å². The summed E-state index contributed by atoms with van der Waals surface area (Å²) >= 11 is 0. The topological polar surface area (TPSA) is 106 Å². The first-order chi connectivity index (χ1) is 17.5. The number of carbonyl (C=O) groups is 2. The number of aryl methyl sites for hydroxylation is 1. The van der Waals surface area contributed by atoms with Crippen molar-refractivity contribution in [3.63, 3.8) is 0 Å². The number of rotatable bonds is 8. The SMILES string of the molecule is C=C1NCCC1(C=O)Cc1ccc2nc(C(NC(=O)c3ccnn3CC)C3CCCCCC3)cn2n1. The van der Waals surface area contributed by atoms with Crippen LogP contribution < -0.4 is 10.6 Å². The quantitative estimate of drug-likeness (QED) is 0.370. The summed E-state index contributed by atoms with van der Waals surface area (Å²) < 4.78 is 3.49. The van der Waals surface area contributed by atoms with Gasteiger partial charge in [0.25, 0.3) is 5.91 Å². The summed E-state index contributed by atoms with van der Waals surface area (Å²) in [5.74, 6) is 0.180. The number of carbonyl (C=O) groups excluding carboxylic acids is 2. The van der Waals surface area contributed by atoms with Crippen molar-refractivity contribution in [2.45, 2.75) is 70.9 Å². The molecule has 2 atom stereocenters. The molecule has 0 bridgehead atoms. The van der Waals surface area contributed by atoms with E-state index < -0.39 is 5.41 Å². The number of aldehydes is 1. The van der Waals surface area contributed by atoms with E-state index in [0.717, 1.165) is 61.2 Å². The van der Waals surface area contributed by atoms with E-state index in [9.17, 15) is 9.59 Å². The minimum absolute atomic E-state index is 0.130. The van der Waals surface area contributed by atoms with Gasteiger partial charge >= 0.3 is 0 Å². The Hall–Kier alpha value is -3.49. The molecule has 3 aromatic rings. The molecule has 9 heteroatoms. The average molecular weight is 490 g/mol. The molecule has 2 fully saturated rings. The molecule has 5 rings (SSSR count). The number of fused-ring (bicyclic) bond motifs is 1. The molecule has 1 aliphatic carbocycles. The molecule has 2 N–H and O–H groups in total. The highest BCUT2D eigenvalue weighted by molar-refractivity contribution is 5.92. The Morgan fingerprint density at radius 1 is 1.28 bits per heavy atom. The maximum Gasteiger partial charge on any atom is 0.270 e. The summed E-state index contributed by atoms with van der Waals surface area (Å²) in [6.07, 6.45) is 12.7. The largest absolute Gasteiger partial charge is 0.388 e. The maximum atomic E-state index is 13.3. The molecular formula is C27H35N7O2. The van der Waals surface area contributed by atoms with Gasteiger partial charge in [0.2, 0.25) is 0 Å². The van der Waals surface area contributed by atoms with E-state index >= 15 is 0 Å². The Morgan fingerprint density at radius 2 is 2.08 bits per heavy atom. The van der Waals surface area contributed by atoms with Crippen molar-refractivity contribution in [3.8, 4) is 0 Å². The highest BCUT2D eigenvalue weighted by atomic mass is 16.2. The van der Waals surface area contributed by atoms with Crippen LogP contribution in [0.5, 0.6) is 0 Å². The molecule has 1 aliphatic heterocycles. The van der Waals surface area contributed by atoms with Crippen LogP contribution in [0.15, 0.2) is 42.9 Å². The second-order valence-corrected chi connectivity index (χ2v) is 10.1. The van der Waals surface area contributed by atoms with Gasteiger partial charge < -0.3 is 15.4 Å². The number of aromatic nitrogens is 5. The summed E-state index contributed by atoms with van der Waals surface area (Å²) in [6.45, 7) is 7.40. The van der Waals surface area contributed by atoms with Gasteiger partial charge in [0.15, 0.2) is 5.65 Å². The smallest absolute Gasteiger partial charge is 0.270 e. The molecule has 36 heavy (non-hydrogen) atoms. The van der Waals surface area contributed by atoms with Gasteiger partial charge in [-0.25, -0.2) is 9.50 Å². The number of imidazole rings is 1. The normalized spacial score (nSPS) is 21.8. The molecule has 2 aliphatic rings. The van der Waals surface area contributed by atoms with Crippen molar-refractivity contribution >= 4 is 17.8 Å². The fourth-order valence-corrected chi connectivity index (χ4v) is 5.71. The Balaban J connectivity index is 1.45. The lowest BCUT2D eigenvalue weighted by atomic mass is 9.81. The fourth-order valence-electron chi connectivity index (χ4n) is 5.71. The molecule has 0 radical (unpaired) electrons. The van der Waals surface area contributed by atoms with Crippen LogP contribution in [-0.4, -0.2) is 43.1 Å². The number of amides is 1. The highest BCUT2D eigenvalue weighted by Gasteiger charge is 2.38. The second-order valence-electron chi connectivity index (χ2n) is 10.1. The van der Waals surface area contributed by atoms with Crippen LogP contribution >= 0.6 is 0 Å². The van der Waals surface area contributed by atoms with Crippen LogP contribution in [0.25, 0.3) is 5.65 Å². The molecule has 1 amide bonds. The van der Waals surface area contributed by atoms with E-state index in [0.29, 0.717) is 31.0 Å². The van der Waals surface area contributed by atoms with Crippen LogP contribution in [0.4, 0.5) is 0 Å². The number of hydrogen-bond donors (Lipinski definition) is 2. The summed E-state index contributed by atoms with van der Waals surface area (Å²) in [5, 5.41) is 15.5. The van der Waals surface area contributed by atoms with Crippen molar-refractivity contribution < 1.29 is 9.59 Å². The Bertz CT molecular complexity index is 1250. The van der Waals surface area contributed by atoms with Crippen LogP contribution in [0, 0.1) is 11.3 Å². The molecule has 0 aromatic carbocycles. The van der Waals surface area contributed by atoms with Crippen molar-refractivity contribution in [1.82, 2.24) is 35.0 Å². The molecule has 190 valence electrons. The van der Waals surface area contributed by atoms with Crippen LogP contribution in [0.1, 0.15) is 79.8 Å². The third-order valence-electron chi connectivity index (χ3n) is 7.85. The lowest BCUT2D eigenvalue weighted by molar-refractivity contribution is -0.114. The first kappa shape index (κ1) is 24.2. The molecule has 1 saturated heterocycles. The van der Waals surface area contributed by atoms with E-state index in [1.807, 2.05) is 25.3 Å². The summed E-state index contributed by atoms with van der Waals surface area (Å²) in [6, 6.07) is 5.42. The van der Waals surface area contributed by atoms with Crippen LogP contribution in [0.3, 0.4) is 0 Å². The molecule has 2 unspecified atom stereocenters. The average Bonchev–Trinajstić information content (AvgIpc) is 3.56. The lowest BCUT2D eigenvalue weighted by Gasteiger charge is -2.26. The Morgan fingerprint density at radius 3 is 2.78 bits per heavy atom. The lowest BCUT2D eigenvalue weighted by Crippen LogP contribution is -2.35. The van der Waals surface area contributed by atoms with Gasteiger partial charge in [-0.1, -0.05) is 32.3 Å². The highest BCUT2D eigenvalue weighted by Crippen LogP contribution is 2.35. The molecule has 1 saturated carbocycles. The summed E-state index contributed by atoms with van der Waals surface area (Å²) in [7, 11) is 0. The van der Waals surface area contributed by atoms with Gasteiger partial charge in [0, 0.05) is 31.4 Å². The predicted octanol–water partition coefficient (Wildman–Crippen LogP) is 3.62. The van der Waals surface area contributed by atoms with E-state index in [-0.39, 0.29) is 11.9 Å². The maximum absolute atomic E-state index is 13.3. The molecule has 9 nitrogen and oxygen atoms in total. The van der Waals surface area contributed by atoms with Gasteiger partial charge in [-0.3, -0.25) is 9.48 Å². The third kappa shape index (κ3) is 4.66. The van der Waals surface area contributed by atoms with Gasteiger partial charge in [-0.15, -0.1) is 0 Å². The van der Waals surface area contributed by atoms with Crippen molar-refractivity contribution in [2.24, 2.45) is 11.3 Å². The zero-order valence-corrected chi connectivity index (χ0v) is 20.9. The standard InChI is InChI=1S/C27H35N7O2/c1-3-33-23(12-14-29-33)26(36)31-25(20-8-6-4-5-7-9-20)22-17-34-24(30-22)11-10-21(32-34)16-27(18-35)13-15-28-19(27)2/h10-12,14,17-18,20,25,28H,2-9,13,15-16H2,1H3,(H,31,36). The van der Waals surface area contributed by atoms with E-state index in [1.54, 1.807) is 21.5 Å². The van der Waals surface area contributed by atoms with E-state index in [1.165, 1.54) is 12.8 Å². The van der Waals surface area contributed by atoms with Gasteiger partial charge in [-0.05, 0) is 50.3 Å². The molecule has 3 aromatic heterocycles. The fraction of sp³-hybridized carbons (Fsp3) is 0.519. The van der Waals surface area contributed by atoms with Gasteiger partial charge in [-0.2, -0.15) is 10.2 Å². The Kier molecular flexibility index (Phi) is 6.89. The minimum atomic E-state index is -0.622. The second kappa shape index (κ2) is 10.2. The van der Waals surface area contributed by atoms with Crippen LogP contribution in [0.2, 0.25) is 0 Å². The summed E-state index contributed by atoms with van der Waals surface area (Å²) in [5.41, 5.74) is 3.05. The zero-order valence-electron chi connectivity index (χ0n) is 20.9. The predicted molar refractivity (Wildman–Crippen MR) is 136 cm³/mol. The van der Waals surface area contributed by atoms with Gasteiger partial charge in [0.05, 0.1) is 29.0 Å². The minimum Gasteiger partial charge on any atom is -0.388 e. The number of nitrogens with zero attached hydrogens (tertiary/aromatic N) is 5. The van der Waals surface area contributed by atoms with Crippen LogP contribution in [-0.2, 0) is 17.8 Å². The van der Waals surface area contributed by atoms with Crippen molar-refractivity contribution in [1.29, 1.82) is 0 Å².